The van der Waals surface area contributed by atoms with E-state index in [4.69, 9.17) is 4.74 Å². The van der Waals surface area contributed by atoms with Crippen molar-refractivity contribution in [1.29, 1.82) is 0 Å². The Balaban J connectivity index is 2.00. The maximum absolute atomic E-state index is 11.9. The number of methoxy groups -OCH3 is 1. The lowest BCUT2D eigenvalue weighted by Crippen LogP contribution is -2.34. The van der Waals surface area contributed by atoms with E-state index < -0.39 is 11.9 Å². The number of rotatable bonds is 3. The first-order valence-corrected chi connectivity index (χ1v) is 6.56. The van der Waals surface area contributed by atoms with Crippen LogP contribution in [0.4, 0.5) is 10.7 Å². The zero-order valence-electron chi connectivity index (χ0n) is 12.5. The van der Waals surface area contributed by atoms with Crippen LogP contribution in [0, 0.1) is 13.8 Å². The van der Waals surface area contributed by atoms with Crippen molar-refractivity contribution in [2.45, 2.75) is 13.8 Å². The number of benzene rings is 1. The summed E-state index contributed by atoms with van der Waals surface area (Å²) in [7, 11) is 1.53. The molecule has 0 bridgehead atoms. The van der Waals surface area contributed by atoms with Gasteiger partial charge in [-0.25, -0.2) is 14.8 Å². The standard InChI is InChI=1S/C15H16N4O3/c1-9-8-10(2)17-14(16-9)19-15(21)18-13(20)11-4-6-12(22-3)7-5-11/h4-8H,1-3H3,(H2,16,17,18,19,20,21). The van der Waals surface area contributed by atoms with E-state index in [1.54, 1.807) is 44.2 Å². The molecule has 1 heterocycles. The van der Waals surface area contributed by atoms with Gasteiger partial charge in [0.1, 0.15) is 5.75 Å². The first-order chi connectivity index (χ1) is 10.5. The second-order valence-electron chi connectivity index (χ2n) is 4.61. The van der Waals surface area contributed by atoms with Gasteiger partial charge >= 0.3 is 6.03 Å². The van der Waals surface area contributed by atoms with Crippen molar-refractivity contribution in [3.63, 3.8) is 0 Å². The molecule has 0 saturated heterocycles. The number of anilines is 1. The van der Waals surface area contributed by atoms with Crippen molar-refractivity contribution < 1.29 is 14.3 Å². The molecule has 2 N–H and O–H groups in total. The number of imide groups is 1. The van der Waals surface area contributed by atoms with E-state index in [0.29, 0.717) is 11.3 Å². The van der Waals surface area contributed by atoms with Crippen LogP contribution in [-0.4, -0.2) is 29.0 Å². The van der Waals surface area contributed by atoms with Crippen LogP contribution >= 0.6 is 0 Å². The first-order valence-electron chi connectivity index (χ1n) is 6.56. The summed E-state index contributed by atoms with van der Waals surface area (Å²) in [5, 5.41) is 4.64. The second-order valence-corrected chi connectivity index (χ2v) is 4.61. The molecule has 2 rings (SSSR count). The number of nitrogens with zero attached hydrogens (tertiary/aromatic N) is 2. The van der Waals surface area contributed by atoms with Crippen LogP contribution in [-0.2, 0) is 0 Å². The van der Waals surface area contributed by atoms with Crippen LogP contribution in [0.3, 0.4) is 0 Å². The Bertz CT molecular complexity index is 678. The molecular weight excluding hydrogens is 284 g/mol. The molecule has 2 aromatic rings. The number of hydrogen-bond acceptors (Lipinski definition) is 5. The summed E-state index contributed by atoms with van der Waals surface area (Å²) < 4.78 is 5.00. The Morgan fingerprint density at radius 3 is 2.18 bits per heavy atom. The first kappa shape index (κ1) is 15.4. The highest BCUT2D eigenvalue weighted by atomic mass is 16.5. The lowest BCUT2D eigenvalue weighted by molar-refractivity contribution is 0.0967. The lowest BCUT2D eigenvalue weighted by atomic mass is 10.2. The molecule has 114 valence electrons. The molecule has 0 aliphatic heterocycles. The number of carbonyl (C=O) groups is 2. The smallest absolute Gasteiger partial charge is 0.328 e. The van der Waals surface area contributed by atoms with Crippen molar-refractivity contribution in [2.75, 3.05) is 12.4 Å². The normalized spacial score (nSPS) is 9.95. The van der Waals surface area contributed by atoms with E-state index >= 15 is 0 Å². The van der Waals surface area contributed by atoms with Gasteiger partial charge < -0.3 is 4.74 Å². The molecule has 7 heteroatoms. The van der Waals surface area contributed by atoms with Gasteiger partial charge in [-0.05, 0) is 44.2 Å². The minimum atomic E-state index is -0.689. The summed E-state index contributed by atoms with van der Waals surface area (Å²) in [6.45, 7) is 3.58. The van der Waals surface area contributed by atoms with Gasteiger partial charge in [-0.3, -0.25) is 15.4 Å². The number of urea groups is 1. The van der Waals surface area contributed by atoms with Crippen LogP contribution in [0.5, 0.6) is 5.75 Å². The molecule has 0 aliphatic rings. The molecule has 0 unspecified atom stereocenters. The molecule has 22 heavy (non-hydrogen) atoms. The fourth-order valence-electron chi connectivity index (χ4n) is 1.83. The number of aromatic nitrogens is 2. The molecule has 1 aromatic heterocycles. The Morgan fingerprint density at radius 2 is 1.64 bits per heavy atom. The minimum Gasteiger partial charge on any atom is -0.497 e. The predicted octanol–water partition coefficient (Wildman–Crippen LogP) is 2.06. The van der Waals surface area contributed by atoms with Crippen LogP contribution in [0.15, 0.2) is 30.3 Å². The van der Waals surface area contributed by atoms with Gasteiger partial charge in [-0.2, -0.15) is 0 Å². The molecule has 0 aliphatic carbocycles. The third kappa shape index (κ3) is 4.02. The highest BCUT2D eigenvalue weighted by molar-refractivity contribution is 6.07. The summed E-state index contributed by atoms with van der Waals surface area (Å²) in [5.74, 6) is 0.256. The number of amides is 3. The average Bonchev–Trinajstić information content (AvgIpc) is 2.46. The Morgan fingerprint density at radius 1 is 1.05 bits per heavy atom. The summed E-state index contributed by atoms with van der Waals surface area (Å²) >= 11 is 0. The van der Waals surface area contributed by atoms with Gasteiger partial charge in [0.05, 0.1) is 7.11 Å². The highest BCUT2D eigenvalue weighted by Crippen LogP contribution is 2.11. The topological polar surface area (TPSA) is 93.2 Å². The van der Waals surface area contributed by atoms with Gasteiger partial charge in [0, 0.05) is 17.0 Å². The molecule has 0 radical (unpaired) electrons. The fourth-order valence-corrected chi connectivity index (χ4v) is 1.83. The molecule has 3 amide bonds. The molecular formula is C15H16N4O3. The number of carbonyl (C=O) groups excluding carboxylic acids is 2. The van der Waals surface area contributed by atoms with Gasteiger partial charge in [-0.1, -0.05) is 0 Å². The maximum atomic E-state index is 11.9. The van der Waals surface area contributed by atoms with Crippen LogP contribution in [0.2, 0.25) is 0 Å². The zero-order valence-corrected chi connectivity index (χ0v) is 12.5. The monoisotopic (exact) mass is 300 g/mol. The Labute approximate surface area is 127 Å². The molecule has 0 fully saturated rings. The average molecular weight is 300 g/mol. The molecule has 0 atom stereocenters. The number of nitrogens with one attached hydrogen (secondary N) is 2. The lowest BCUT2D eigenvalue weighted by Gasteiger charge is -2.07. The van der Waals surface area contributed by atoms with Crippen molar-refractivity contribution >= 4 is 17.9 Å². The van der Waals surface area contributed by atoms with Gasteiger partial charge in [0.25, 0.3) is 5.91 Å². The number of ether oxygens (including phenoxy) is 1. The van der Waals surface area contributed by atoms with Gasteiger partial charge in [-0.15, -0.1) is 0 Å². The van der Waals surface area contributed by atoms with Crippen LogP contribution in [0.25, 0.3) is 0 Å². The SMILES string of the molecule is COc1ccc(C(=O)NC(=O)Nc2nc(C)cc(C)n2)cc1. The molecule has 0 spiro atoms. The van der Waals surface area contributed by atoms with Gasteiger partial charge in [0.15, 0.2) is 0 Å². The largest absolute Gasteiger partial charge is 0.497 e. The van der Waals surface area contributed by atoms with Crippen molar-refractivity contribution in [3.8, 4) is 5.75 Å². The van der Waals surface area contributed by atoms with Crippen molar-refractivity contribution in [3.05, 3.63) is 47.3 Å². The third-order valence-electron chi connectivity index (χ3n) is 2.79. The van der Waals surface area contributed by atoms with E-state index in [2.05, 4.69) is 20.6 Å². The van der Waals surface area contributed by atoms with E-state index in [1.165, 1.54) is 7.11 Å². The van der Waals surface area contributed by atoms with E-state index in [0.717, 1.165) is 11.4 Å². The summed E-state index contributed by atoms with van der Waals surface area (Å²) in [5.41, 5.74) is 1.80. The van der Waals surface area contributed by atoms with E-state index in [-0.39, 0.29) is 5.95 Å². The number of aryl methyl sites for hydroxylation is 2. The van der Waals surface area contributed by atoms with Crippen molar-refractivity contribution in [1.82, 2.24) is 15.3 Å². The number of hydrogen-bond donors (Lipinski definition) is 2. The van der Waals surface area contributed by atoms with Crippen LogP contribution < -0.4 is 15.4 Å². The Kier molecular flexibility index (Phi) is 4.67. The molecule has 7 nitrogen and oxygen atoms in total. The summed E-state index contributed by atoms with van der Waals surface area (Å²) in [4.78, 5) is 31.9. The highest BCUT2D eigenvalue weighted by Gasteiger charge is 2.11. The predicted molar refractivity (Wildman–Crippen MR) is 81.0 cm³/mol. The second kappa shape index (κ2) is 6.66. The summed E-state index contributed by atoms with van der Waals surface area (Å²) in [6.07, 6.45) is 0. The van der Waals surface area contributed by atoms with Gasteiger partial charge in [0.2, 0.25) is 5.95 Å². The third-order valence-corrected chi connectivity index (χ3v) is 2.79. The molecule has 1 aromatic carbocycles. The van der Waals surface area contributed by atoms with E-state index in [1.807, 2.05) is 0 Å². The fraction of sp³-hybridized carbons (Fsp3) is 0.200. The van der Waals surface area contributed by atoms with E-state index in [9.17, 15) is 9.59 Å². The molecule has 0 saturated carbocycles. The van der Waals surface area contributed by atoms with Crippen molar-refractivity contribution in [2.24, 2.45) is 0 Å². The minimum absolute atomic E-state index is 0.150. The maximum Gasteiger partial charge on any atom is 0.328 e. The summed E-state index contributed by atoms with van der Waals surface area (Å²) in [6, 6.07) is 7.50. The Hall–Kier alpha value is -2.96. The quantitative estimate of drug-likeness (QED) is 0.905. The zero-order chi connectivity index (χ0) is 16.1. The van der Waals surface area contributed by atoms with Crippen LogP contribution in [0.1, 0.15) is 21.7 Å².